The van der Waals surface area contributed by atoms with Crippen molar-refractivity contribution in [3.05, 3.63) is 39.2 Å². The number of hydrogen-bond acceptors (Lipinski definition) is 3. The van der Waals surface area contributed by atoms with Crippen molar-refractivity contribution in [1.29, 1.82) is 0 Å². The number of nitrogens with one attached hydrogen (secondary N) is 1. The fraction of sp³-hybridized carbons (Fsp3) is 0.250. The van der Waals surface area contributed by atoms with Gasteiger partial charge in [-0.3, -0.25) is 0 Å². The molecule has 0 aliphatic carbocycles. The Labute approximate surface area is 115 Å². The number of rotatable bonds is 4. The zero-order valence-electron chi connectivity index (χ0n) is 9.34. The lowest BCUT2D eigenvalue weighted by Crippen LogP contribution is -2.10. The maximum Gasteiger partial charge on any atom is 0.0858 e. The van der Waals surface area contributed by atoms with Crippen LogP contribution in [-0.4, -0.2) is 10.9 Å². The van der Waals surface area contributed by atoms with Gasteiger partial charge in [0.05, 0.1) is 10.7 Å². The fourth-order valence-corrected chi connectivity index (χ4v) is 2.67. The van der Waals surface area contributed by atoms with Crippen molar-refractivity contribution in [3.63, 3.8) is 0 Å². The van der Waals surface area contributed by atoms with Gasteiger partial charge in [0.25, 0.3) is 0 Å². The van der Waals surface area contributed by atoms with Gasteiger partial charge in [-0.05, 0) is 42.3 Å². The molecule has 90 valence electrons. The van der Waals surface area contributed by atoms with Crippen molar-refractivity contribution >= 4 is 34.7 Å². The largest absolute Gasteiger partial charge is 0.312 e. The molecule has 0 aliphatic heterocycles. The van der Waals surface area contributed by atoms with Crippen LogP contribution in [0.5, 0.6) is 0 Å². The Morgan fingerprint density at radius 3 is 2.82 bits per heavy atom. The second-order valence-corrected chi connectivity index (χ2v) is 5.32. The summed E-state index contributed by atoms with van der Waals surface area (Å²) in [5, 5.41) is 4.55. The third-order valence-corrected chi connectivity index (χ3v) is 3.65. The summed E-state index contributed by atoms with van der Waals surface area (Å²) >= 11 is 13.5. The summed E-state index contributed by atoms with van der Waals surface area (Å²) in [6, 6.07) is 7.52. The predicted molar refractivity (Wildman–Crippen MR) is 75.0 cm³/mol. The summed E-state index contributed by atoms with van der Waals surface area (Å²) in [5.41, 5.74) is 1.83. The maximum atomic E-state index is 6.14. The third kappa shape index (κ3) is 3.19. The molecule has 1 N–H and O–H groups in total. The van der Waals surface area contributed by atoms with Crippen LogP contribution in [0.1, 0.15) is 11.8 Å². The molecular formula is C12H12Cl2N2S. The SMILES string of the molecule is CCNCc1cc(-c2ccc(Cl)cc2Cl)ns1. The van der Waals surface area contributed by atoms with Gasteiger partial charge >= 0.3 is 0 Å². The zero-order valence-corrected chi connectivity index (χ0v) is 11.7. The maximum absolute atomic E-state index is 6.14. The highest BCUT2D eigenvalue weighted by atomic mass is 35.5. The molecule has 0 bridgehead atoms. The molecule has 0 saturated heterocycles. The molecule has 1 aromatic heterocycles. The Morgan fingerprint density at radius 1 is 1.29 bits per heavy atom. The Hall–Kier alpha value is -0.610. The van der Waals surface area contributed by atoms with Crippen LogP contribution >= 0.6 is 34.7 Å². The summed E-state index contributed by atoms with van der Waals surface area (Å²) in [5.74, 6) is 0. The van der Waals surface area contributed by atoms with Crippen molar-refractivity contribution in [2.45, 2.75) is 13.5 Å². The summed E-state index contributed by atoms with van der Waals surface area (Å²) < 4.78 is 4.40. The summed E-state index contributed by atoms with van der Waals surface area (Å²) in [4.78, 5) is 1.20. The number of nitrogens with zero attached hydrogens (tertiary/aromatic N) is 1. The lowest BCUT2D eigenvalue weighted by atomic mass is 10.1. The lowest BCUT2D eigenvalue weighted by molar-refractivity contribution is 0.735. The molecule has 0 radical (unpaired) electrons. The number of hydrogen-bond donors (Lipinski definition) is 1. The topological polar surface area (TPSA) is 24.9 Å². The van der Waals surface area contributed by atoms with Crippen LogP contribution in [0.2, 0.25) is 10.0 Å². The van der Waals surface area contributed by atoms with Gasteiger partial charge in [-0.2, -0.15) is 4.37 Å². The Bertz CT molecular complexity index is 511. The normalized spacial score (nSPS) is 10.8. The molecule has 17 heavy (non-hydrogen) atoms. The van der Waals surface area contributed by atoms with Gasteiger partial charge in [-0.25, -0.2) is 0 Å². The number of aromatic nitrogens is 1. The van der Waals surface area contributed by atoms with Gasteiger partial charge in [0.15, 0.2) is 0 Å². The van der Waals surface area contributed by atoms with Gasteiger partial charge in [0.2, 0.25) is 0 Å². The molecule has 0 spiro atoms. The lowest BCUT2D eigenvalue weighted by Gasteiger charge is -2.00. The van der Waals surface area contributed by atoms with E-state index in [-0.39, 0.29) is 0 Å². The molecule has 1 aromatic carbocycles. The van der Waals surface area contributed by atoms with Gasteiger partial charge in [0.1, 0.15) is 0 Å². The van der Waals surface area contributed by atoms with E-state index in [4.69, 9.17) is 23.2 Å². The number of halogens is 2. The van der Waals surface area contributed by atoms with E-state index in [9.17, 15) is 0 Å². The van der Waals surface area contributed by atoms with Crippen molar-refractivity contribution in [2.75, 3.05) is 6.54 Å². The molecule has 0 aliphatic rings. The van der Waals surface area contributed by atoms with E-state index in [1.807, 2.05) is 12.1 Å². The van der Waals surface area contributed by atoms with Crippen molar-refractivity contribution in [3.8, 4) is 11.3 Å². The van der Waals surface area contributed by atoms with Crippen LogP contribution in [0.15, 0.2) is 24.3 Å². The van der Waals surface area contributed by atoms with Crippen LogP contribution in [0.4, 0.5) is 0 Å². The van der Waals surface area contributed by atoms with Crippen molar-refractivity contribution < 1.29 is 0 Å². The standard InChI is InChI=1S/C12H12Cl2N2S/c1-2-15-7-9-6-12(16-17-9)10-4-3-8(13)5-11(10)14/h3-6,15H,2,7H2,1H3. The van der Waals surface area contributed by atoms with Gasteiger partial charge in [0, 0.05) is 22.0 Å². The van der Waals surface area contributed by atoms with Crippen molar-refractivity contribution in [2.24, 2.45) is 0 Å². The van der Waals surface area contributed by atoms with E-state index in [0.717, 1.165) is 24.3 Å². The highest BCUT2D eigenvalue weighted by Gasteiger charge is 2.08. The van der Waals surface area contributed by atoms with Crippen LogP contribution in [0, 0.1) is 0 Å². The first-order valence-electron chi connectivity index (χ1n) is 5.32. The second-order valence-electron chi connectivity index (χ2n) is 3.58. The Kier molecular flexibility index (Phi) is 4.40. The van der Waals surface area contributed by atoms with Gasteiger partial charge < -0.3 is 5.32 Å². The highest BCUT2D eigenvalue weighted by molar-refractivity contribution is 7.06. The molecule has 1 heterocycles. The minimum absolute atomic E-state index is 0.637. The molecule has 0 fully saturated rings. The average Bonchev–Trinajstić information content (AvgIpc) is 2.75. The first-order valence-corrected chi connectivity index (χ1v) is 6.85. The third-order valence-electron chi connectivity index (χ3n) is 2.32. The molecule has 2 aromatic rings. The minimum Gasteiger partial charge on any atom is -0.312 e. The predicted octanol–water partition coefficient (Wildman–Crippen LogP) is 4.23. The van der Waals surface area contributed by atoms with Gasteiger partial charge in [-0.15, -0.1) is 0 Å². The van der Waals surface area contributed by atoms with E-state index in [0.29, 0.717) is 10.0 Å². The Balaban J connectivity index is 2.24. The quantitative estimate of drug-likeness (QED) is 0.910. The first kappa shape index (κ1) is 12.8. The van der Waals surface area contributed by atoms with Crippen LogP contribution in [0.25, 0.3) is 11.3 Å². The molecule has 5 heteroatoms. The first-order chi connectivity index (χ1) is 8.20. The zero-order chi connectivity index (χ0) is 12.3. The molecule has 0 unspecified atom stereocenters. The highest BCUT2D eigenvalue weighted by Crippen LogP contribution is 2.30. The van der Waals surface area contributed by atoms with Gasteiger partial charge in [-0.1, -0.05) is 30.1 Å². The van der Waals surface area contributed by atoms with Crippen LogP contribution < -0.4 is 5.32 Å². The molecule has 0 saturated carbocycles. The van der Waals surface area contributed by atoms with Crippen LogP contribution in [-0.2, 0) is 6.54 Å². The molecule has 0 amide bonds. The minimum atomic E-state index is 0.637. The molecule has 2 nitrogen and oxygen atoms in total. The van der Waals surface area contributed by atoms with E-state index >= 15 is 0 Å². The monoisotopic (exact) mass is 286 g/mol. The summed E-state index contributed by atoms with van der Waals surface area (Å²) in [6.45, 7) is 3.88. The average molecular weight is 287 g/mol. The van der Waals surface area contributed by atoms with E-state index < -0.39 is 0 Å². The molecule has 0 atom stereocenters. The summed E-state index contributed by atoms with van der Waals surface area (Å²) in [6.07, 6.45) is 0. The van der Waals surface area contributed by atoms with E-state index in [1.165, 1.54) is 16.4 Å². The van der Waals surface area contributed by atoms with E-state index in [2.05, 4.69) is 22.7 Å². The second kappa shape index (κ2) is 5.83. The number of benzene rings is 1. The molecule has 2 rings (SSSR count). The van der Waals surface area contributed by atoms with Crippen molar-refractivity contribution in [1.82, 2.24) is 9.69 Å². The molecular weight excluding hydrogens is 275 g/mol. The van der Waals surface area contributed by atoms with E-state index in [1.54, 1.807) is 6.07 Å². The summed E-state index contributed by atoms with van der Waals surface area (Å²) in [7, 11) is 0. The van der Waals surface area contributed by atoms with Crippen LogP contribution in [0.3, 0.4) is 0 Å². The Morgan fingerprint density at radius 2 is 2.12 bits per heavy atom. The fourth-order valence-electron chi connectivity index (χ4n) is 1.47. The smallest absolute Gasteiger partial charge is 0.0858 e.